The molecule has 0 amide bonds. The molecule has 0 atom stereocenters. The van der Waals surface area contributed by atoms with E-state index >= 15 is 0 Å². The third-order valence-corrected chi connectivity index (χ3v) is 2.34. The smallest absolute Gasteiger partial charge is 0.0414 e. The SMILES string of the molecule is CN(CCCCC(=O)[O-])CCCCC(=O)[O-]. The van der Waals surface area contributed by atoms with Crippen LogP contribution < -0.4 is 10.2 Å². The third kappa shape index (κ3) is 11.0. The van der Waals surface area contributed by atoms with Crippen molar-refractivity contribution in [2.75, 3.05) is 20.1 Å². The lowest BCUT2D eigenvalue weighted by Gasteiger charge is -2.16. The fourth-order valence-corrected chi connectivity index (χ4v) is 1.41. The van der Waals surface area contributed by atoms with Crippen LogP contribution >= 0.6 is 0 Å². The van der Waals surface area contributed by atoms with Crippen LogP contribution in [0.2, 0.25) is 0 Å². The Balaban J connectivity index is 3.27. The van der Waals surface area contributed by atoms with Crippen LogP contribution in [0.4, 0.5) is 0 Å². The highest BCUT2D eigenvalue weighted by atomic mass is 16.4. The Morgan fingerprint density at radius 3 is 1.56 bits per heavy atom. The molecule has 0 saturated carbocycles. The Labute approximate surface area is 96.1 Å². The lowest BCUT2D eigenvalue weighted by atomic mass is 10.2. The van der Waals surface area contributed by atoms with Gasteiger partial charge in [0.05, 0.1) is 0 Å². The maximum atomic E-state index is 10.1. The number of carbonyl (C=O) groups is 2. The summed E-state index contributed by atoms with van der Waals surface area (Å²) in [6.45, 7) is 1.66. The highest BCUT2D eigenvalue weighted by Gasteiger charge is 1.98. The highest BCUT2D eigenvalue weighted by Crippen LogP contribution is 2.00. The van der Waals surface area contributed by atoms with Gasteiger partial charge in [-0.1, -0.05) is 0 Å². The molecule has 0 bridgehead atoms. The van der Waals surface area contributed by atoms with Gasteiger partial charge in [-0.3, -0.25) is 0 Å². The Kier molecular flexibility index (Phi) is 8.52. The van der Waals surface area contributed by atoms with Crippen molar-refractivity contribution in [1.82, 2.24) is 4.90 Å². The van der Waals surface area contributed by atoms with Crippen LogP contribution in [-0.4, -0.2) is 37.0 Å². The minimum atomic E-state index is -1.00. The van der Waals surface area contributed by atoms with Gasteiger partial charge in [0.1, 0.15) is 0 Å². The van der Waals surface area contributed by atoms with Crippen LogP contribution in [0.5, 0.6) is 0 Å². The largest absolute Gasteiger partial charge is 0.550 e. The molecule has 0 unspecified atom stereocenters. The van der Waals surface area contributed by atoms with Crippen molar-refractivity contribution < 1.29 is 19.8 Å². The second-order valence-electron chi connectivity index (χ2n) is 3.96. The number of hydrogen-bond acceptors (Lipinski definition) is 5. The molecule has 5 heteroatoms. The highest BCUT2D eigenvalue weighted by molar-refractivity contribution is 5.64. The average Bonchev–Trinajstić information content (AvgIpc) is 2.19. The lowest BCUT2D eigenvalue weighted by molar-refractivity contribution is -0.307. The summed E-state index contributed by atoms with van der Waals surface area (Å²) in [6, 6.07) is 0. The van der Waals surface area contributed by atoms with E-state index in [-0.39, 0.29) is 12.8 Å². The van der Waals surface area contributed by atoms with Gasteiger partial charge < -0.3 is 24.7 Å². The summed E-state index contributed by atoms with van der Waals surface area (Å²) in [5, 5.41) is 20.3. The van der Waals surface area contributed by atoms with Crippen molar-refractivity contribution in [3.63, 3.8) is 0 Å². The average molecular weight is 229 g/mol. The molecule has 16 heavy (non-hydrogen) atoms. The number of nitrogens with zero attached hydrogens (tertiary/aromatic N) is 1. The number of carboxylic acids is 2. The van der Waals surface area contributed by atoms with Gasteiger partial charge in [0.25, 0.3) is 0 Å². The van der Waals surface area contributed by atoms with Gasteiger partial charge in [-0.25, -0.2) is 0 Å². The van der Waals surface area contributed by atoms with Crippen molar-refractivity contribution in [3.8, 4) is 0 Å². The van der Waals surface area contributed by atoms with Crippen molar-refractivity contribution in [3.05, 3.63) is 0 Å². The molecular formula is C11H19NO4-2. The van der Waals surface area contributed by atoms with E-state index in [1.807, 2.05) is 7.05 Å². The zero-order chi connectivity index (χ0) is 12.4. The molecule has 0 saturated heterocycles. The fraction of sp³-hybridized carbons (Fsp3) is 0.818. The number of unbranched alkanes of at least 4 members (excludes halogenated alkanes) is 2. The zero-order valence-electron chi connectivity index (χ0n) is 9.74. The van der Waals surface area contributed by atoms with Crippen LogP contribution in [0.15, 0.2) is 0 Å². The monoisotopic (exact) mass is 229 g/mol. The Bertz CT molecular complexity index is 196. The van der Waals surface area contributed by atoms with Crippen molar-refractivity contribution in [2.24, 2.45) is 0 Å². The predicted octanol–water partition coefficient (Wildman–Crippen LogP) is -1.24. The first-order valence-electron chi connectivity index (χ1n) is 5.60. The Hall–Kier alpha value is -1.10. The number of carboxylic acid groups (broad SMARTS) is 2. The van der Waals surface area contributed by atoms with E-state index in [0.717, 1.165) is 25.9 Å². The van der Waals surface area contributed by atoms with Gasteiger partial charge in [0.2, 0.25) is 0 Å². The van der Waals surface area contributed by atoms with E-state index in [4.69, 9.17) is 0 Å². The summed E-state index contributed by atoms with van der Waals surface area (Å²) in [5.74, 6) is -2.01. The molecule has 5 nitrogen and oxygen atoms in total. The maximum absolute atomic E-state index is 10.1. The fourth-order valence-electron chi connectivity index (χ4n) is 1.41. The summed E-state index contributed by atoms with van der Waals surface area (Å²) in [6.07, 6.45) is 3.13. The number of carbonyl (C=O) groups excluding carboxylic acids is 2. The minimum absolute atomic E-state index is 0.110. The molecule has 0 aliphatic heterocycles. The van der Waals surface area contributed by atoms with Gasteiger partial charge in [-0.2, -0.15) is 0 Å². The maximum Gasteiger partial charge on any atom is 0.0414 e. The molecule has 0 aromatic rings. The summed E-state index contributed by atoms with van der Waals surface area (Å²) in [7, 11) is 1.94. The molecule has 0 aromatic heterocycles. The zero-order valence-corrected chi connectivity index (χ0v) is 9.74. The van der Waals surface area contributed by atoms with Crippen LogP contribution in [0, 0.1) is 0 Å². The Morgan fingerprint density at radius 1 is 0.875 bits per heavy atom. The van der Waals surface area contributed by atoms with E-state index in [1.54, 1.807) is 0 Å². The van der Waals surface area contributed by atoms with E-state index in [1.165, 1.54) is 0 Å². The third-order valence-electron chi connectivity index (χ3n) is 2.34. The predicted molar refractivity (Wildman–Crippen MR) is 55.2 cm³/mol. The molecule has 0 radical (unpaired) electrons. The van der Waals surface area contributed by atoms with Crippen LogP contribution in [-0.2, 0) is 9.59 Å². The van der Waals surface area contributed by atoms with Crippen molar-refractivity contribution in [1.29, 1.82) is 0 Å². The van der Waals surface area contributed by atoms with Crippen molar-refractivity contribution in [2.45, 2.75) is 38.5 Å². The van der Waals surface area contributed by atoms with Gasteiger partial charge in [0.15, 0.2) is 0 Å². The normalized spacial score (nSPS) is 10.6. The van der Waals surface area contributed by atoms with Crippen LogP contribution in [0.1, 0.15) is 38.5 Å². The molecule has 94 valence electrons. The summed E-state index contributed by atoms with van der Waals surface area (Å²) in [5.41, 5.74) is 0. The minimum Gasteiger partial charge on any atom is -0.550 e. The summed E-state index contributed by atoms with van der Waals surface area (Å²) < 4.78 is 0. The van der Waals surface area contributed by atoms with Gasteiger partial charge >= 0.3 is 0 Å². The molecule has 0 aliphatic rings. The second kappa shape index (κ2) is 9.15. The first-order valence-corrected chi connectivity index (χ1v) is 5.60. The molecular weight excluding hydrogens is 210 g/mol. The van der Waals surface area contributed by atoms with E-state index in [2.05, 4.69) is 4.90 Å². The van der Waals surface area contributed by atoms with Gasteiger partial charge in [-0.05, 0) is 58.7 Å². The molecule has 0 aromatic carbocycles. The summed E-state index contributed by atoms with van der Waals surface area (Å²) in [4.78, 5) is 22.3. The van der Waals surface area contributed by atoms with Gasteiger partial charge in [-0.15, -0.1) is 0 Å². The van der Waals surface area contributed by atoms with Crippen molar-refractivity contribution >= 4 is 11.9 Å². The molecule has 0 rings (SSSR count). The van der Waals surface area contributed by atoms with Crippen LogP contribution in [0.3, 0.4) is 0 Å². The molecule has 0 fully saturated rings. The van der Waals surface area contributed by atoms with E-state index < -0.39 is 11.9 Å². The number of hydrogen-bond donors (Lipinski definition) is 0. The first kappa shape index (κ1) is 14.9. The molecule has 0 aliphatic carbocycles. The topological polar surface area (TPSA) is 83.5 Å². The lowest BCUT2D eigenvalue weighted by Crippen LogP contribution is -2.24. The second-order valence-corrected chi connectivity index (χ2v) is 3.96. The summed E-state index contributed by atoms with van der Waals surface area (Å²) >= 11 is 0. The van der Waals surface area contributed by atoms with E-state index in [0.29, 0.717) is 12.8 Å². The number of aliphatic carboxylic acids is 2. The molecule has 0 spiro atoms. The van der Waals surface area contributed by atoms with Crippen LogP contribution in [0.25, 0.3) is 0 Å². The van der Waals surface area contributed by atoms with Gasteiger partial charge in [0, 0.05) is 11.9 Å². The number of rotatable bonds is 10. The van der Waals surface area contributed by atoms with E-state index in [9.17, 15) is 19.8 Å². The molecule has 0 heterocycles. The first-order chi connectivity index (χ1) is 7.52. The molecule has 0 N–H and O–H groups in total. The Morgan fingerprint density at radius 2 is 1.25 bits per heavy atom. The standard InChI is InChI=1S/C11H21NO4/c1-12(8-4-2-6-10(13)14)9-5-3-7-11(15)16/h2-9H2,1H3,(H,13,14)(H,15,16)/p-2. The quantitative estimate of drug-likeness (QED) is 0.437.